The van der Waals surface area contributed by atoms with Crippen LogP contribution in [0.4, 0.5) is 4.39 Å². The smallest absolute Gasteiger partial charge is 0.377 e. The first kappa shape index (κ1) is 16.1. The first-order chi connectivity index (χ1) is 9.54. The first-order valence-corrected chi connectivity index (χ1v) is 6.26. The Hall–Kier alpha value is -1.95. The molecular formula is C14H15FO4S. The summed E-state index contributed by atoms with van der Waals surface area (Å²) in [7, 11) is 2.56. The molecule has 0 bridgehead atoms. The van der Waals surface area contributed by atoms with Gasteiger partial charge < -0.3 is 14.2 Å². The maximum atomic E-state index is 13.9. The van der Waals surface area contributed by atoms with E-state index in [9.17, 15) is 9.18 Å². The average molecular weight is 298 g/mol. The third-order valence-corrected chi connectivity index (χ3v) is 2.90. The average Bonchev–Trinajstić information content (AvgIpc) is 2.45. The molecule has 1 aromatic carbocycles. The number of hydrogen-bond acceptors (Lipinski definition) is 5. The number of hydrogen-bond donors (Lipinski definition) is 0. The van der Waals surface area contributed by atoms with Crippen LogP contribution in [-0.2, 0) is 14.3 Å². The molecule has 0 aliphatic rings. The van der Waals surface area contributed by atoms with Gasteiger partial charge in [-0.05, 0) is 18.6 Å². The highest BCUT2D eigenvalue weighted by Crippen LogP contribution is 2.25. The monoisotopic (exact) mass is 298 g/mol. The van der Waals surface area contributed by atoms with Gasteiger partial charge in [-0.2, -0.15) is 0 Å². The lowest BCUT2D eigenvalue weighted by Gasteiger charge is -2.13. The van der Waals surface area contributed by atoms with E-state index in [0.717, 1.165) is 6.26 Å². The fourth-order valence-electron chi connectivity index (χ4n) is 1.48. The molecule has 20 heavy (non-hydrogen) atoms. The van der Waals surface area contributed by atoms with Crippen molar-refractivity contribution in [3.05, 3.63) is 41.6 Å². The summed E-state index contributed by atoms with van der Waals surface area (Å²) in [5.74, 6) is -1.29. The lowest BCUT2D eigenvalue weighted by Crippen LogP contribution is -2.13. The summed E-state index contributed by atoms with van der Waals surface area (Å²) in [6, 6.07) is 4.27. The second-order valence-electron chi connectivity index (χ2n) is 3.70. The van der Waals surface area contributed by atoms with Crippen LogP contribution in [0.2, 0.25) is 0 Å². The molecule has 1 aromatic rings. The summed E-state index contributed by atoms with van der Waals surface area (Å²) in [4.78, 5) is 11.9. The van der Waals surface area contributed by atoms with Crippen molar-refractivity contribution in [2.75, 3.05) is 14.2 Å². The van der Waals surface area contributed by atoms with E-state index in [0.29, 0.717) is 11.3 Å². The minimum Gasteiger partial charge on any atom is -0.500 e. The van der Waals surface area contributed by atoms with Gasteiger partial charge in [0.05, 0.1) is 19.8 Å². The second kappa shape index (κ2) is 7.59. The summed E-state index contributed by atoms with van der Waals surface area (Å²) < 4.78 is 28.5. The van der Waals surface area contributed by atoms with Crippen LogP contribution in [0, 0.1) is 5.82 Å². The van der Waals surface area contributed by atoms with Gasteiger partial charge in [0.25, 0.3) is 0 Å². The molecule has 108 valence electrons. The molecule has 4 nitrogen and oxygen atoms in total. The Labute approximate surface area is 122 Å². The fraction of sp³-hybridized carbons (Fsp3) is 0.286. The van der Waals surface area contributed by atoms with E-state index >= 15 is 0 Å². The molecule has 0 aromatic heterocycles. The van der Waals surface area contributed by atoms with E-state index in [4.69, 9.17) is 21.7 Å². The van der Waals surface area contributed by atoms with E-state index in [-0.39, 0.29) is 17.1 Å². The molecule has 1 rings (SSSR count). The number of carbonyl (C=O) groups is 1. The minimum atomic E-state index is -0.732. The van der Waals surface area contributed by atoms with Crippen LogP contribution in [0.15, 0.2) is 30.2 Å². The predicted octanol–water partition coefficient (Wildman–Crippen LogP) is 2.99. The Balaban J connectivity index is 3.20. The third kappa shape index (κ3) is 3.77. The van der Waals surface area contributed by atoms with Gasteiger partial charge in [-0.25, -0.2) is 9.18 Å². The summed E-state index contributed by atoms with van der Waals surface area (Å²) >= 11 is 5.12. The number of methoxy groups -OCH3 is 2. The molecule has 0 unspecified atom stereocenters. The van der Waals surface area contributed by atoms with Gasteiger partial charge in [-0.3, -0.25) is 0 Å². The van der Waals surface area contributed by atoms with Gasteiger partial charge in [0.15, 0.2) is 0 Å². The van der Waals surface area contributed by atoms with E-state index in [1.807, 2.05) is 6.92 Å². The van der Waals surface area contributed by atoms with Gasteiger partial charge in [-0.15, -0.1) is 0 Å². The molecule has 6 heteroatoms. The van der Waals surface area contributed by atoms with Crippen molar-refractivity contribution < 1.29 is 23.4 Å². The van der Waals surface area contributed by atoms with Crippen LogP contribution in [0.25, 0.3) is 0 Å². The fourth-order valence-corrected chi connectivity index (χ4v) is 1.67. The van der Waals surface area contributed by atoms with Gasteiger partial charge in [0.1, 0.15) is 17.8 Å². The Bertz CT molecular complexity index is 540. The molecule has 0 aliphatic heterocycles. The molecule has 0 fully saturated rings. The zero-order valence-electron chi connectivity index (χ0n) is 11.4. The van der Waals surface area contributed by atoms with Crippen LogP contribution < -0.4 is 4.74 Å². The molecule has 0 N–H and O–H groups in total. The number of esters is 1. The highest BCUT2D eigenvalue weighted by Gasteiger charge is 2.19. The predicted molar refractivity (Wildman–Crippen MR) is 76.1 cm³/mol. The van der Waals surface area contributed by atoms with Crippen molar-refractivity contribution in [3.8, 4) is 5.75 Å². The summed E-state index contributed by atoms with van der Waals surface area (Å²) in [6.07, 6.45) is 1.56. The zero-order chi connectivity index (χ0) is 15.1. The number of halogens is 1. The number of benzene rings is 1. The van der Waals surface area contributed by atoms with E-state index in [1.54, 1.807) is 0 Å². The van der Waals surface area contributed by atoms with Crippen molar-refractivity contribution in [1.82, 2.24) is 0 Å². The molecule has 0 radical (unpaired) electrons. The van der Waals surface area contributed by atoms with Gasteiger partial charge in [-0.1, -0.05) is 25.2 Å². The van der Waals surface area contributed by atoms with Crippen molar-refractivity contribution in [2.24, 2.45) is 0 Å². The molecule has 0 spiro atoms. The van der Waals surface area contributed by atoms with Crippen molar-refractivity contribution in [3.63, 3.8) is 0 Å². The largest absolute Gasteiger partial charge is 0.500 e. The standard InChI is InChI=1S/C14H15FO4S/c1-4-12(20)13-9(15)6-5-7-10(13)19-11(8-17-2)14(16)18-3/h5-8H,4H2,1-3H3. The first-order valence-electron chi connectivity index (χ1n) is 5.86. The van der Waals surface area contributed by atoms with Crippen LogP contribution >= 0.6 is 12.2 Å². The van der Waals surface area contributed by atoms with Gasteiger partial charge >= 0.3 is 5.97 Å². The van der Waals surface area contributed by atoms with Crippen LogP contribution in [0.1, 0.15) is 18.9 Å². The molecule has 0 amide bonds. The highest BCUT2D eigenvalue weighted by molar-refractivity contribution is 7.80. The van der Waals surface area contributed by atoms with Crippen molar-refractivity contribution >= 4 is 23.1 Å². The van der Waals surface area contributed by atoms with Crippen LogP contribution in [0.3, 0.4) is 0 Å². The topological polar surface area (TPSA) is 44.8 Å². The molecule has 0 aliphatic carbocycles. The minimum absolute atomic E-state index is 0.144. The lowest BCUT2D eigenvalue weighted by atomic mass is 10.1. The maximum Gasteiger partial charge on any atom is 0.377 e. The molecule has 0 heterocycles. The van der Waals surface area contributed by atoms with E-state index in [1.165, 1.54) is 32.4 Å². The quantitative estimate of drug-likeness (QED) is 0.266. The molecule has 0 saturated carbocycles. The maximum absolute atomic E-state index is 13.9. The Morgan fingerprint density at radius 3 is 2.65 bits per heavy atom. The number of rotatable bonds is 6. The van der Waals surface area contributed by atoms with Crippen LogP contribution in [-0.4, -0.2) is 25.1 Å². The number of carbonyl (C=O) groups excluding carboxylic acids is 1. The molecule has 0 atom stereocenters. The normalized spacial score (nSPS) is 10.9. The Kier molecular flexibility index (Phi) is 6.11. The van der Waals surface area contributed by atoms with Crippen molar-refractivity contribution in [1.29, 1.82) is 0 Å². The van der Waals surface area contributed by atoms with Crippen molar-refractivity contribution in [2.45, 2.75) is 13.3 Å². The Morgan fingerprint density at radius 1 is 1.40 bits per heavy atom. The zero-order valence-corrected chi connectivity index (χ0v) is 12.3. The summed E-state index contributed by atoms with van der Waals surface area (Å²) in [6.45, 7) is 1.81. The third-order valence-electron chi connectivity index (χ3n) is 2.41. The van der Waals surface area contributed by atoms with E-state index < -0.39 is 11.8 Å². The van der Waals surface area contributed by atoms with Gasteiger partial charge in [0.2, 0.25) is 5.76 Å². The SMILES string of the molecule is CCC(=S)c1c(F)cccc1OC(=COC)C(=O)OC. The highest BCUT2D eigenvalue weighted by atomic mass is 32.1. The number of ether oxygens (including phenoxy) is 3. The molecule has 0 saturated heterocycles. The second-order valence-corrected chi connectivity index (χ2v) is 4.19. The van der Waals surface area contributed by atoms with Gasteiger partial charge in [0, 0.05) is 4.86 Å². The summed E-state index contributed by atoms with van der Waals surface area (Å²) in [5.41, 5.74) is 0.163. The van der Waals surface area contributed by atoms with E-state index in [2.05, 4.69) is 4.74 Å². The lowest BCUT2D eigenvalue weighted by molar-refractivity contribution is -0.138. The summed E-state index contributed by atoms with van der Waals surface area (Å²) in [5, 5.41) is 0. The number of thiocarbonyl (C=S) groups is 1. The van der Waals surface area contributed by atoms with Crippen LogP contribution in [0.5, 0.6) is 5.75 Å². The Morgan fingerprint density at radius 2 is 2.10 bits per heavy atom. The molecular weight excluding hydrogens is 283 g/mol.